The number of hydrogen-bond acceptors (Lipinski definition) is 7. The number of nitrogens with zero attached hydrogens (tertiary/aromatic N) is 1. The average molecular weight is 510 g/mol. The number of hydrogen-bond donors (Lipinski definition) is 1. The first-order valence-corrected chi connectivity index (χ1v) is 12.5. The molecule has 0 aliphatic rings. The molecule has 0 fully saturated rings. The van der Waals surface area contributed by atoms with E-state index in [1.165, 1.54) is 23.6 Å². The van der Waals surface area contributed by atoms with Gasteiger partial charge in [0.1, 0.15) is 22.8 Å². The van der Waals surface area contributed by atoms with Crippen LogP contribution in [0.15, 0.2) is 71.8 Å². The number of unbranched alkanes of at least 4 members (excludes halogenated alkanes) is 1. The SMILES string of the molecule is COc1ccc(CCCCOC=C(C(=O)O)c2cccc(CSc3c(OC)cccc3OC)n2)cc1. The molecule has 0 atom stereocenters. The number of aromatic nitrogens is 1. The van der Waals surface area contributed by atoms with Crippen molar-refractivity contribution >= 4 is 23.3 Å². The number of thioether (sulfide) groups is 1. The van der Waals surface area contributed by atoms with E-state index >= 15 is 0 Å². The average Bonchev–Trinajstić information content (AvgIpc) is 2.91. The Labute approximate surface area is 216 Å². The lowest BCUT2D eigenvalue weighted by Gasteiger charge is -2.12. The highest BCUT2D eigenvalue weighted by molar-refractivity contribution is 7.98. The van der Waals surface area contributed by atoms with Gasteiger partial charge < -0.3 is 24.1 Å². The quantitative estimate of drug-likeness (QED) is 0.125. The second-order valence-corrected chi connectivity index (χ2v) is 8.79. The second-order valence-electron chi connectivity index (χ2n) is 7.81. The molecule has 3 rings (SSSR count). The summed E-state index contributed by atoms with van der Waals surface area (Å²) in [6.45, 7) is 0.427. The van der Waals surface area contributed by atoms with E-state index < -0.39 is 5.97 Å². The minimum Gasteiger partial charge on any atom is -0.500 e. The Morgan fingerprint density at radius 3 is 2.25 bits per heavy atom. The fraction of sp³-hybridized carbons (Fsp3) is 0.286. The van der Waals surface area contributed by atoms with Gasteiger partial charge in [-0.3, -0.25) is 4.98 Å². The summed E-state index contributed by atoms with van der Waals surface area (Å²) >= 11 is 1.51. The smallest absolute Gasteiger partial charge is 0.341 e. The van der Waals surface area contributed by atoms with Crippen molar-refractivity contribution < 1.29 is 28.8 Å². The van der Waals surface area contributed by atoms with Gasteiger partial charge in [0.2, 0.25) is 0 Å². The number of carboxylic acid groups (broad SMARTS) is 1. The molecule has 0 amide bonds. The molecule has 190 valence electrons. The molecule has 7 nitrogen and oxygen atoms in total. The van der Waals surface area contributed by atoms with Crippen LogP contribution in [0.3, 0.4) is 0 Å². The van der Waals surface area contributed by atoms with Crippen LogP contribution in [0.5, 0.6) is 17.2 Å². The third kappa shape index (κ3) is 7.68. The molecular weight excluding hydrogens is 478 g/mol. The van der Waals surface area contributed by atoms with Crippen molar-refractivity contribution in [1.82, 2.24) is 4.98 Å². The normalized spacial score (nSPS) is 11.1. The number of aliphatic carboxylic acids is 1. The number of rotatable bonds is 14. The molecule has 0 bridgehead atoms. The fourth-order valence-corrected chi connectivity index (χ4v) is 4.53. The minimum atomic E-state index is -1.09. The van der Waals surface area contributed by atoms with Crippen molar-refractivity contribution in [2.24, 2.45) is 0 Å². The molecule has 0 aliphatic heterocycles. The topological polar surface area (TPSA) is 87.1 Å². The number of ether oxygens (including phenoxy) is 4. The molecular formula is C28H31NO6S. The van der Waals surface area contributed by atoms with E-state index in [9.17, 15) is 9.90 Å². The van der Waals surface area contributed by atoms with Gasteiger partial charge >= 0.3 is 5.97 Å². The van der Waals surface area contributed by atoms with Crippen molar-refractivity contribution in [3.63, 3.8) is 0 Å². The monoisotopic (exact) mass is 509 g/mol. The van der Waals surface area contributed by atoms with Crippen LogP contribution < -0.4 is 14.2 Å². The van der Waals surface area contributed by atoms with E-state index in [0.29, 0.717) is 29.6 Å². The highest BCUT2D eigenvalue weighted by Crippen LogP contribution is 2.39. The summed E-state index contributed by atoms with van der Waals surface area (Å²) in [6, 6.07) is 18.9. The van der Waals surface area contributed by atoms with Crippen LogP contribution in [-0.2, 0) is 21.7 Å². The van der Waals surface area contributed by atoms with Crippen LogP contribution in [0.25, 0.3) is 5.57 Å². The van der Waals surface area contributed by atoms with Gasteiger partial charge in [-0.15, -0.1) is 11.8 Å². The lowest BCUT2D eigenvalue weighted by atomic mass is 10.1. The predicted molar refractivity (Wildman–Crippen MR) is 141 cm³/mol. The standard InChI is InChI=1S/C28H31NO6S/c1-32-22-15-13-20(14-16-22)8-4-5-17-35-18-23(28(30)31)24-10-6-9-21(29-24)19-36-27-25(33-2)11-7-12-26(27)34-3/h6-7,9-16,18H,4-5,8,17,19H2,1-3H3,(H,30,31). The van der Waals surface area contributed by atoms with Crippen LogP contribution in [0, 0.1) is 0 Å². The van der Waals surface area contributed by atoms with E-state index in [1.54, 1.807) is 33.5 Å². The van der Waals surface area contributed by atoms with Crippen molar-refractivity contribution in [3.05, 3.63) is 83.9 Å². The zero-order chi connectivity index (χ0) is 25.8. The minimum absolute atomic E-state index is 0.0203. The molecule has 2 aromatic carbocycles. The predicted octanol–water partition coefficient (Wildman–Crippen LogP) is 5.86. The first-order valence-electron chi connectivity index (χ1n) is 11.5. The summed E-state index contributed by atoms with van der Waals surface area (Å²) < 4.78 is 21.6. The van der Waals surface area contributed by atoms with Crippen LogP contribution in [0.1, 0.15) is 29.8 Å². The second kappa shape index (κ2) is 14.0. The number of carbonyl (C=O) groups is 1. The Morgan fingerprint density at radius 1 is 0.917 bits per heavy atom. The Balaban J connectivity index is 1.57. The zero-order valence-corrected chi connectivity index (χ0v) is 21.5. The lowest BCUT2D eigenvalue weighted by molar-refractivity contribution is -0.130. The highest BCUT2D eigenvalue weighted by atomic mass is 32.2. The summed E-state index contributed by atoms with van der Waals surface area (Å²) in [4.78, 5) is 17.3. The van der Waals surface area contributed by atoms with E-state index in [-0.39, 0.29) is 5.57 Å². The van der Waals surface area contributed by atoms with E-state index in [2.05, 4.69) is 4.98 Å². The van der Waals surface area contributed by atoms with E-state index in [0.717, 1.165) is 35.6 Å². The number of carboxylic acids is 1. The van der Waals surface area contributed by atoms with Crippen LogP contribution in [-0.4, -0.2) is 44.0 Å². The Bertz CT molecular complexity index is 1140. The molecule has 0 saturated heterocycles. The van der Waals surface area contributed by atoms with Crippen molar-refractivity contribution in [2.45, 2.75) is 29.9 Å². The van der Waals surface area contributed by atoms with Crippen molar-refractivity contribution in [1.29, 1.82) is 0 Å². The highest BCUT2D eigenvalue weighted by Gasteiger charge is 2.15. The van der Waals surface area contributed by atoms with Gasteiger partial charge in [0.05, 0.1) is 50.5 Å². The first-order chi connectivity index (χ1) is 17.5. The molecule has 3 aromatic rings. The Morgan fingerprint density at radius 2 is 1.61 bits per heavy atom. The maximum Gasteiger partial charge on any atom is 0.341 e. The number of benzene rings is 2. The largest absolute Gasteiger partial charge is 0.500 e. The van der Waals surface area contributed by atoms with E-state index in [4.69, 9.17) is 18.9 Å². The molecule has 0 saturated carbocycles. The summed E-state index contributed by atoms with van der Waals surface area (Å²) in [7, 11) is 4.87. The third-order valence-corrected chi connectivity index (χ3v) is 6.53. The molecule has 0 radical (unpaired) electrons. The van der Waals surface area contributed by atoms with Crippen molar-refractivity contribution in [3.8, 4) is 17.2 Å². The van der Waals surface area contributed by atoms with Gasteiger partial charge in [0.25, 0.3) is 0 Å². The molecule has 1 aromatic heterocycles. The molecule has 0 aliphatic carbocycles. The van der Waals surface area contributed by atoms with Gasteiger partial charge in [-0.2, -0.15) is 0 Å². The number of pyridine rings is 1. The molecule has 1 heterocycles. The van der Waals surface area contributed by atoms with Gasteiger partial charge in [0.15, 0.2) is 0 Å². The van der Waals surface area contributed by atoms with Crippen LogP contribution in [0.4, 0.5) is 0 Å². The molecule has 0 spiro atoms. The zero-order valence-electron chi connectivity index (χ0n) is 20.7. The number of methoxy groups -OCH3 is 3. The number of aryl methyl sites for hydroxylation is 1. The van der Waals surface area contributed by atoms with Crippen LogP contribution >= 0.6 is 11.8 Å². The summed E-state index contributed by atoms with van der Waals surface area (Å²) in [5.74, 6) is 1.69. The third-order valence-electron chi connectivity index (χ3n) is 5.40. The molecule has 36 heavy (non-hydrogen) atoms. The van der Waals surface area contributed by atoms with Crippen molar-refractivity contribution in [2.75, 3.05) is 27.9 Å². The maximum atomic E-state index is 11.9. The van der Waals surface area contributed by atoms with Crippen LogP contribution in [0.2, 0.25) is 0 Å². The maximum absolute atomic E-state index is 11.9. The fourth-order valence-electron chi connectivity index (χ4n) is 3.48. The first kappa shape index (κ1) is 26.9. The summed E-state index contributed by atoms with van der Waals surface area (Å²) in [5, 5.41) is 9.72. The Kier molecular flexibility index (Phi) is 10.5. The lowest BCUT2D eigenvalue weighted by Crippen LogP contribution is -2.04. The van der Waals surface area contributed by atoms with Gasteiger partial charge in [-0.25, -0.2) is 4.79 Å². The Hall–Kier alpha value is -3.65. The van der Waals surface area contributed by atoms with E-state index in [1.807, 2.05) is 48.5 Å². The summed E-state index contributed by atoms with van der Waals surface area (Å²) in [5.41, 5.74) is 2.33. The summed E-state index contributed by atoms with van der Waals surface area (Å²) in [6.07, 6.45) is 3.94. The van der Waals surface area contributed by atoms with Gasteiger partial charge in [-0.05, 0) is 61.2 Å². The molecule has 0 unspecified atom stereocenters. The van der Waals surface area contributed by atoms with Gasteiger partial charge in [0, 0.05) is 5.75 Å². The molecule has 8 heteroatoms. The molecule has 1 N–H and O–H groups in total. The van der Waals surface area contributed by atoms with Gasteiger partial charge in [-0.1, -0.05) is 24.3 Å².